The van der Waals surface area contributed by atoms with E-state index < -0.39 is 5.82 Å². The Morgan fingerprint density at radius 2 is 1.65 bits per heavy atom. The summed E-state index contributed by atoms with van der Waals surface area (Å²) < 4.78 is 31.6. The second kappa shape index (κ2) is 10.4. The molecule has 0 aliphatic rings. The fraction of sp³-hybridized carbons (Fsp3) is 0.160. The molecule has 0 aliphatic carbocycles. The molecule has 0 N–H and O–H groups in total. The predicted molar refractivity (Wildman–Crippen MR) is 128 cm³/mol. The van der Waals surface area contributed by atoms with Gasteiger partial charge in [0.05, 0.1) is 43.9 Å². The average Bonchev–Trinajstić information content (AvgIpc) is 3.30. The summed E-state index contributed by atoms with van der Waals surface area (Å²) in [6.45, 7) is 0. The monoisotopic (exact) mass is 479 g/mol. The largest absolute Gasteiger partial charge is 0.497 e. The zero-order chi connectivity index (χ0) is 24.1. The summed E-state index contributed by atoms with van der Waals surface area (Å²) in [6, 6.07) is 18.8. The van der Waals surface area contributed by atoms with E-state index in [2.05, 4.69) is 10.2 Å². The van der Waals surface area contributed by atoms with Gasteiger partial charge in [-0.1, -0.05) is 23.9 Å². The molecule has 0 saturated heterocycles. The minimum absolute atomic E-state index is 0.0139. The molecule has 0 unspecified atom stereocenters. The molecule has 4 aromatic rings. The summed E-state index contributed by atoms with van der Waals surface area (Å²) in [6.07, 6.45) is 0. The Kier molecular flexibility index (Phi) is 7.12. The van der Waals surface area contributed by atoms with Crippen LogP contribution >= 0.6 is 11.8 Å². The average molecular weight is 480 g/mol. The minimum Gasteiger partial charge on any atom is -0.497 e. The number of halogens is 1. The first-order valence-corrected chi connectivity index (χ1v) is 11.3. The highest BCUT2D eigenvalue weighted by molar-refractivity contribution is 7.99. The second-order valence-electron chi connectivity index (χ2n) is 7.10. The zero-order valence-electron chi connectivity index (χ0n) is 18.8. The van der Waals surface area contributed by atoms with Gasteiger partial charge in [0.2, 0.25) is 0 Å². The van der Waals surface area contributed by atoms with E-state index in [1.54, 1.807) is 14.2 Å². The summed E-state index contributed by atoms with van der Waals surface area (Å²) in [7, 11) is 4.63. The van der Waals surface area contributed by atoms with E-state index in [0.717, 1.165) is 11.3 Å². The predicted octanol–water partition coefficient (Wildman–Crippen LogP) is 5.07. The number of ether oxygens (including phenoxy) is 3. The number of ketones is 1. The molecule has 0 spiro atoms. The van der Waals surface area contributed by atoms with E-state index in [9.17, 15) is 9.18 Å². The number of carbonyl (C=O) groups is 1. The lowest BCUT2D eigenvalue weighted by Crippen LogP contribution is -2.07. The van der Waals surface area contributed by atoms with Gasteiger partial charge in [-0.15, -0.1) is 10.2 Å². The van der Waals surface area contributed by atoms with Gasteiger partial charge in [-0.05, 0) is 54.6 Å². The molecule has 0 atom stereocenters. The van der Waals surface area contributed by atoms with E-state index in [1.165, 1.54) is 37.1 Å². The van der Waals surface area contributed by atoms with Crippen molar-refractivity contribution in [2.75, 3.05) is 27.1 Å². The number of carbonyl (C=O) groups excluding carboxylic acids is 1. The molecule has 1 aromatic heterocycles. The number of Topliss-reactive ketones (excluding diaryl/α,β-unsaturated/α-hetero) is 1. The van der Waals surface area contributed by atoms with Gasteiger partial charge in [-0.2, -0.15) is 0 Å². The smallest absolute Gasteiger partial charge is 0.196 e. The van der Waals surface area contributed by atoms with E-state index in [0.29, 0.717) is 28.2 Å². The Morgan fingerprint density at radius 1 is 0.912 bits per heavy atom. The number of hydrogen-bond donors (Lipinski definition) is 0. The van der Waals surface area contributed by atoms with Crippen molar-refractivity contribution in [2.24, 2.45) is 0 Å². The summed E-state index contributed by atoms with van der Waals surface area (Å²) in [5, 5.41) is 9.24. The Morgan fingerprint density at radius 3 is 2.35 bits per heavy atom. The lowest BCUT2D eigenvalue weighted by atomic mass is 10.1. The topological polar surface area (TPSA) is 75.5 Å². The van der Waals surface area contributed by atoms with Crippen LogP contribution in [0.2, 0.25) is 0 Å². The van der Waals surface area contributed by atoms with Gasteiger partial charge in [0.15, 0.2) is 16.8 Å². The van der Waals surface area contributed by atoms with Crippen LogP contribution < -0.4 is 14.2 Å². The molecular weight excluding hydrogens is 457 g/mol. The van der Waals surface area contributed by atoms with Crippen LogP contribution in [0.5, 0.6) is 17.2 Å². The fourth-order valence-corrected chi connectivity index (χ4v) is 4.27. The number of aromatic nitrogens is 3. The highest BCUT2D eigenvalue weighted by atomic mass is 32.2. The third-order valence-corrected chi connectivity index (χ3v) is 6.04. The van der Waals surface area contributed by atoms with Gasteiger partial charge in [0.1, 0.15) is 23.1 Å². The van der Waals surface area contributed by atoms with E-state index in [1.807, 2.05) is 53.1 Å². The highest BCUT2D eigenvalue weighted by Crippen LogP contribution is 2.34. The Bertz CT molecular complexity index is 1310. The van der Waals surface area contributed by atoms with Gasteiger partial charge in [-0.25, -0.2) is 4.39 Å². The SMILES string of the molecule is COc1ccc(-n2c(SCC(=O)c3cc(F)ccc3OC)nnc2-c2ccccc2OC)cc1. The first-order chi connectivity index (χ1) is 16.5. The normalized spacial score (nSPS) is 10.7. The molecule has 0 radical (unpaired) electrons. The van der Waals surface area contributed by atoms with Gasteiger partial charge >= 0.3 is 0 Å². The number of para-hydroxylation sites is 1. The number of benzene rings is 3. The van der Waals surface area contributed by atoms with Gasteiger partial charge in [0, 0.05) is 0 Å². The van der Waals surface area contributed by atoms with Crippen molar-refractivity contribution < 1.29 is 23.4 Å². The van der Waals surface area contributed by atoms with Crippen LogP contribution in [0.25, 0.3) is 17.1 Å². The van der Waals surface area contributed by atoms with E-state index in [4.69, 9.17) is 14.2 Å². The summed E-state index contributed by atoms with van der Waals surface area (Å²) >= 11 is 1.20. The van der Waals surface area contributed by atoms with Crippen molar-refractivity contribution in [3.05, 3.63) is 78.1 Å². The zero-order valence-corrected chi connectivity index (χ0v) is 19.6. The summed E-state index contributed by atoms with van der Waals surface area (Å²) in [5.41, 5.74) is 1.71. The van der Waals surface area contributed by atoms with Crippen LogP contribution in [0.1, 0.15) is 10.4 Å². The number of nitrogens with zero attached hydrogens (tertiary/aromatic N) is 3. The van der Waals surface area contributed by atoms with Crippen LogP contribution in [0, 0.1) is 5.82 Å². The third-order valence-electron chi connectivity index (χ3n) is 5.11. The molecule has 0 fully saturated rings. The van der Waals surface area contributed by atoms with Crippen molar-refractivity contribution >= 4 is 17.5 Å². The third kappa shape index (κ3) is 4.74. The molecule has 9 heteroatoms. The second-order valence-corrected chi connectivity index (χ2v) is 8.04. The number of methoxy groups -OCH3 is 3. The van der Waals surface area contributed by atoms with Crippen molar-refractivity contribution in [1.82, 2.24) is 14.8 Å². The number of rotatable bonds is 9. The highest BCUT2D eigenvalue weighted by Gasteiger charge is 2.21. The van der Waals surface area contributed by atoms with Crippen LogP contribution in [-0.2, 0) is 0 Å². The lowest BCUT2D eigenvalue weighted by molar-refractivity contribution is 0.101. The molecule has 4 rings (SSSR count). The standard InChI is InChI=1S/C25H22FN3O4S/c1-31-18-11-9-17(10-12-18)29-24(19-6-4-5-7-22(19)32-2)27-28-25(29)34-15-21(30)20-14-16(26)8-13-23(20)33-3/h4-14H,15H2,1-3H3. The Hall–Kier alpha value is -3.85. The molecule has 34 heavy (non-hydrogen) atoms. The first kappa shape index (κ1) is 23.3. The minimum atomic E-state index is -0.506. The molecule has 0 bridgehead atoms. The van der Waals surface area contributed by atoms with E-state index in [-0.39, 0.29) is 17.1 Å². The van der Waals surface area contributed by atoms with Gasteiger partial charge in [0.25, 0.3) is 0 Å². The molecule has 0 amide bonds. The first-order valence-electron chi connectivity index (χ1n) is 10.3. The molecular formula is C25H22FN3O4S. The van der Waals surface area contributed by atoms with Crippen LogP contribution in [-0.4, -0.2) is 47.6 Å². The maximum Gasteiger partial charge on any atom is 0.196 e. The fourth-order valence-electron chi connectivity index (χ4n) is 3.44. The molecule has 3 aromatic carbocycles. The Labute approximate surface area is 200 Å². The van der Waals surface area contributed by atoms with Crippen LogP contribution in [0.4, 0.5) is 4.39 Å². The molecule has 174 valence electrons. The molecule has 0 saturated carbocycles. The van der Waals surface area contributed by atoms with Crippen molar-refractivity contribution in [1.29, 1.82) is 0 Å². The number of thioether (sulfide) groups is 1. The van der Waals surface area contributed by atoms with Crippen LogP contribution in [0.3, 0.4) is 0 Å². The lowest BCUT2D eigenvalue weighted by Gasteiger charge is -2.13. The van der Waals surface area contributed by atoms with Crippen LogP contribution in [0.15, 0.2) is 71.9 Å². The molecule has 0 aliphatic heterocycles. The van der Waals surface area contributed by atoms with Crippen molar-refractivity contribution in [3.63, 3.8) is 0 Å². The maximum atomic E-state index is 13.8. The maximum absolute atomic E-state index is 13.8. The quantitative estimate of drug-likeness (QED) is 0.245. The number of hydrogen-bond acceptors (Lipinski definition) is 7. The van der Waals surface area contributed by atoms with Gasteiger partial charge in [-0.3, -0.25) is 9.36 Å². The summed E-state index contributed by atoms with van der Waals surface area (Å²) in [5.74, 6) is 1.44. The molecule has 7 nitrogen and oxygen atoms in total. The van der Waals surface area contributed by atoms with Crippen molar-refractivity contribution in [3.8, 4) is 34.3 Å². The van der Waals surface area contributed by atoms with Crippen molar-refractivity contribution in [2.45, 2.75) is 5.16 Å². The van der Waals surface area contributed by atoms with Gasteiger partial charge < -0.3 is 14.2 Å². The van der Waals surface area contributed by atoms with E-state index >= 15 is 0 Å². The summed E-state index contributed by atoms with van der Waals surface area (Å²) in [4.78, 5) is 12.9. The Balaban J connectivity index is 1.72. The molecule has 1 heterocycles.